The van der Waals surface area contributed by atoms with Crippen molar-refractivity contribution in [1.29, 1.82) is 0 Å². The summed E-state index contributed by atoms with van der Waals surface area (Å²) >= 11 is 0. The lowest BCUT2D eigenvalue weighted by Gasteiger charge is -2.42. The molecule has 1 aromatic carbocycles. The minimum absolute atomic E-state index is 0.186. The minimum atomic E-state index is 0.186. The number of hydrogen-bond acceptors (Lipinski definition) is 2. The zero-order chi connectivity index (χ0) is 14.3. The molecule has 2 N–H and O–H groups in total. The minimum Gasteiger partial charge on any atom is -0.323 e. The number of hydrogen-bond donors (Lipinski definition) is 1. The Balaban J connectivity index is 1.69. The summed E-state index contributed by atoms with van der Waals surface area (Å²) in [5, 5.41) is 0. The normalized spacial score (nSPS) is 29.6. The summed E-state index contributed by atoms with van der Waals surface area (Å²) in [4.78, 5) is 2.58. The summed E-state index contributed by atoms with van der Waals surface area (Å²) < 4.78 is 0. The number of rotatable bonds is 2. The molecule has 2 unspecified atom stereocenters. The van der Waals surface area contributed by atoms with Gasteiger partial charge in [-0.2, -0.15) is 0 Å². The van der Waals surface area contributed by atoms with Gasteiger partial charge in [-0.05, 0) is 55.7 Å². The Labute approximate surface area is 123 Å². The third kappa shape index (κ3) is 2.51. The van der Waals surface area contributed by atoms with Crippen LogP contribution in [0.5, 0.6) is 0 Å². The van der Waals surface area contributed by atoms with Gasteiger partial charge in [0.2, 0.25) is 0 Å². The topological polar surface area (TPSA) is 29.3 Å². The van der Waals surface area contributed by atoms with E-state index in [-0.39, 0.29) is 6.04 Å². The molecule has 2 atom stereocenters. The highest BCUT2D eigenvalue weighted by molar-refractivity contribution is 5.36. The number of nitrogens with zero attached hydrogens (tertiary/aromatic N) is 1. The maximum absolute atomic E-state index is 6.51. The Morgan fingerprint density at radius 1 is 1.15 bits per heavy atom. The Bertz CT molecular complexity index is 470. The lowest BCUT2D eigenvalue weighted by atomic mass is 9.75. The highest BCUT2D eigenvalue weighted by atomic mass is 15.2. The number of nitrogens with two attached hydrogens (primary N) is 1. The maximum atomic E-state index is 6.51. The largest absolute Gasteiger partial charge is 0.323 e. The van der Waals surface area contributed by atoms with Crippen LogP contribution in [0.4, 0.5) is 0 Å². The van der Waals surface area contributed by atoms with Gasteiger partial charge in [-0.1, -0.05) is 38.1 Å². The van der Waals surface area contributed by atoms with Gasteiger partial charge >= 0.3 is 0 Å². The first-order valence-corrected chi connectivity index (χ1v) is 8.03. The van der Waals surface area contributed by atoms with Crippen LogP contribution >= 0.6 is 0 Å². The fourth-order valence-electron chi connectivity index (χ4n) is 4.06. The molecule has 2 aliphatic rings. The molecule has 0 aliphatic heterocycles. The predicted octanol–water partition coefficient (Wildman–Crippen LogP) is 3.51. The number of likely N-dealkylation sites (N-methyl/N-ethyl adjacent to an activating group) is 1. The van der Waals surface area contributed by atoms with E-state index in [1.54, 1.807) is 0 Å². The van der Waals surface area contributed by atoms with Crippen LogP contribution in [-0.4, -0.2) is 24.0 Å². The average Bonchev–Trinajstić information content (AvgIpc) is 2.76. The van der Waals surface area contributed by atoms with Crippen molar-refractivity contribution in [2.24, 2.45) is 11.1 Å². The van der Waals surface area contributed by atoms with Crippen LogP contribution < -0.4 is 5.73 Å². The third-order valence-electron chi connectivity index (χ3n) is 5.67. The predicted molar refractivity (Wildman–Crippen MR) is 84.7 cm³/mol. The number of benzene rings is 1. The Morgan fingerprint density at radius 3 is 2.45 bits per heavy atom. The molecule has 0 radical (unpaired) electrons. The van der Waals surface area contributed by atoms with E-state index >= 15 is 0 Å². The van der Waals surface area contributed by atoms with E-state index < -0.39 is 0 Å². The summed E-state index contributed by atoms with van der Waals surface area (Å²) in [5.74, 6) is 0. The van der Waals surface area contributed by atoms with Gasteiger partial charge in [0.1, 0.15) is 0 Å². The fraction of sp³-hybridized carbons (Fsp3) is 0.667. The van der Waals surface area contributed by atoms with Gasteiger partial charge in [0.25, 0.3) is 0 Å². The van der Waals surface area contributed by atoms with Crippen molar-refractivity contribution in [3.63, 3.8) is 0 Å². The SMILES string of the molecule is CN(C1CCC(C)(C)CC1)C1Cc2ccccc2C1N. The van der Waals surface area contributed by atoms with Crippen LogP contribution in [0.1, 0.15) is 56.7 Å². The molecule has 1 aromatic rings. The van der Waals surface area contributed by atoms with Gasteiger partial charge in [0.15, 0.2) is 0 Å². The first-order valence-electron chi connectivity index (χ1n) is 8.03. The van der Waals surface area contributed by atoms with Gasteiger partial charge in [-0.15, -0.1) is 0 Å². The van der Waals surface area contributed by atoms with Crippen molar-refractivity contribution in [2.75, 3.05) is 7.05 Å². The third-order valence-corrected chi connectivity index (χ3v) is 5.67. The van der Waals surface area contributed by atoms with Crippen molar-refractivity contribution in [2.45, 2.75) is 64.1 Å². The molecule has 3 rings (SSSR count). The van der Waals surface area contributed by atoms with E-state index in [0.29, 0.717) is 17.5 Å². The van der Waals surface area contributed by atoms with Crippen LogP contribution in [0, 0.1) is 5.41 Å². The van der Waals surface area contributed by atoms with Crippen molar-refractivity contribution in [1.82, 2.24) is 4.90 Å². The average molecular weight is 272 g/mol. The Morgan fingerprint density at radius 2 is 1.80 bits per heavy atom. The molecule has 110 valence electrons. The Kier molecular flexibility index (Phi) is 3.64. The van der Waals surface area contributed by atoms with E-state index in [9.17, 15) is 0 Å². The van der Waals surface area contributed by atoms with Crippen LogP contribution in [0.3, 0.4) is 0 Å². The number of fused-ring (bicyclic) bond motifs is 1. The first-order chi connectivity index (χ1) is 9.48. The van der Waals surface area contributed by atoms with E-state index in [1.807, 2.05) is 0 Å². The van der Waals surface area contributed by atoms with Crippen molar-refractivity contribution in [3.8, 4) is 0 Å². The van der Waals surface area contributed by atoms with Crippen molar-refractivity contribution >= 4 is 0 Å². The monoisotopic (exact) mass is 272 g/mol. The van der Waals surface area contributed by atoms with Gasteiger partial charge in [0, 0.05) is 18.1 Å². The van der Waals surface area contributed by atoms with Gasteiger partial charge in [0.05, 0.1) is 0 Å². The quantitative estimate of drug-likeness (QED) is 0.892. The van der Waals surface area contributed by atoms with Crippen LogP contribution in [-0.2, 0) is 6.42 Å². The summed E-state index contributed by atoms with van der Waals surface area (Å²) in [6.45, 7) is 4.81. The molecule has 2 nitrogen and oxygen atoms in total. The molecule has 1 saturated carbocycles. The molecule has 0 saturated heterocycles. The van der Waals surface area contributed by atoms with E-state index in [1.165, 1.54) is 36.8 Å². The van der Waals surface area contributed by atoms with Crippen LogP contribution in [0.15, 0.2) is 24.3 Å². The molecule has 2 heteroatoms. The molecular weight excluding hydrogens is 244 g/mol. The standard InChI is InChI=1S/C18H28N2/c1-18(2)10-8-14(9-11-18)20(3)16-12-13-6-4-5-7-15(13)17(16)19/h4-7,14,16-17H,8-12,19H2,1-3H3. The first kappa shape index (κ1) is 14.1. The van der Waals surface area contributed by atoms with Crippen LogP contribution in [0.2, 0.25) is 0 Å². The molecular formula is C18H28N2. The van der Waals surface area contributed by atoms with Gasteiger partial charge < -0.3 is 5.73 Å². The zero-order valence-corrected chi connectivity index (χ0v) is 13.1. The summed E-state index contributed by atoms with van der Waals surface area (Å²) in [6.07, 6.45) is 6.45. The van der Waals surface area contributed by atoms with Gasteiger partial charge in [-0.3, -0.25) is 4.90 Å². The smallest absolute Gasteiger partial charge is 0.0459 e. The van der Waals surface area contributed by atoms with E-state index in [0.717, 1.165) is 6.42 Å². The molecule has 0 spiro atoms. The van der Waals surface area contributed by atoms with Crippen molar-refractivity contribution < 1.29 is 0 Å². The summed E-state index contributed by atoms with van der Waals surface area (Å²) in [7, 11) is 2.29. The molecule has 0 bridgehead atoms. The highest BCUT2D eigenvalue weighted by Gasteiger charge is 2.37. The molecule has 2 aliphatic carbocycles. The summed E-state index contributed by atoms with van der Waals surface area (Å²) in [6, 6.07) is 10.1. The molecule has 0 heterocycles. The lowest BCUT2D eigenvalue weighted by Crippen LogP contribution is -2.46. The Hall–Kier alpha value is -0.860. The summed E-state index contributed by atoms with van der Waals surface area (Å²) in [5.41, 5.74) is 9.86. The van der Waals surface area contributed by atoms with Crippen molar-refractivity contribution in [3.05, 3.63) is 35.4 Å². The lowest BCUT2D eigenvalue weighted by molar-refractivity contribution is 0.0881. The second kappa shape index (κ2) is 5.16. The zero-order valence-electron chi connectivity index (χ0n) is 13.1. The second-order valence-electron chi connectivity index (χ2n) is 7.56. The highest BCUT2D eigenvalue weighted by Crippen LogP contribution is 2.39. The molecule has 1 fully saturated rings. The maximum Gasteiger partial charge on any atom is 0.0459 e. The molecule has 0 aromatic heterocycles. The second-order valence-corrected chi connectivity index (χ2v) is 7.56. The van der Waals surface area contributed by atoms with Gasteiger partial charge in [-0.25, -0.2) is 0 Å². The molecule has 20 heavy (non-hydrogen) atoms. The molecule has 0 amide bonds. The fourth-order valence-corrected chi connectivity index (χ4v) is 4.06. The van der Waals surface area contributed by atoms with E-state index in [4.69, 9.17) is 5.73 Å². The van der Waals surface area contributed by atoms with E-state index in [2.05, 4.69) is 50.1 Å². The van der Waals surface area contributed by atoms with Crippen LogP contribution in [0.25, 0.3) is 0 Å².